The zero-order valence-electron chi connectivity index (χ0n) is 26.8. The lowest BCUT2D eigenvalue weighted by atomic mass is 9.35. The van der Waals surface area contributed by atoms with E-state index in [1.54, 1.807) is 0 Å². The van der Waals surface area contributed by atoms with Crippen LogP contribution in [-0.4, -0.2) is 15.8 Å². The highest BCUT2D eigenvalue weighted by molar-refractivity contribution is 8.00. The molecule has 7 aromatic carbocycles. The Morgan fingerprint density at radius 1 is 0.417 bits per heavy atom. The molecule has 10 rings (SSSR count). The highest BCUT2D eigenvalue weighted by Crippen LogP contribution is 2.40. The predicted octanol–water partition coefficient (Wildman–Crippen LogP) is 9.48. The summed E-state index contributed by atoms with van der Waals surface area (Å²) in [5.74, 6) is 0. The smallest absolute Gasteiger partial charge is 0.244 e. The molecular weight excluding hydrogens is 599 g/mol. The summed E-state index contributed by atoms with van der Waals surface area (Å²) in [5.41, 5.74) is 14.1. The van der Waals surface area contributed by atoms with E-state index in [1.807, 2.05) is 11.8 Å². The minimum atomic E-state index is 0.201. The van der Waals surface area contributed by atoms with Gasteiger partial charge >= 0.3 is 0 Å². The standard InChI is InChI=1S/C44H31BN2S/c1-28-13-12-14-29(2)44(28)45-36-19-8-11-22-42(36)48-43-25-31(23-24-37(43)45)47-39-21-10-7-18-33(39)35-26-34-32-17-6-9-20-38(32)46(40(34)27-41(35)47)30-15-4-3-5-16-30/h3-27H,1-2H3. The minimum absolute atomic E-state index is 0.201. The first kappa shape index (κ1) is 27.6. The lowest BCUT2D eigenvalue weighted by Crippen LogP contribution is -2.56. The maximum absolute atomic E-state index is 2.48. The molecule has 0 spiro atoms. The molecule has 1 aliphatic heterocycles. The molecule has 3 heterocycles. The molecule has 2 aromatic heterocycles. The lowest BCUT2D eigenvalue weighted by molar-refractivity contribution is 1.16. The summed E-state index contributed by atoms with van der Waals surface area (Å²) < 4.78 is 4.90. The third-order valence-electron chi connectivity index (χ3n) is 10.3. The molecule has 48 heavy (non-hydrogen) atoms. The van der Waals surface area contributed by atoms with Crippen LogP contribution in [0.1, 0.15) is 11.1 Å². The largest absolute Gasteiger partial charge is 0.309 e. The van der Waals surface area contributed by atoms with Gasteiger partial charge in [0.2, 0.25) is 6.71 Å². The second kappa shape index (κ2) is 10.5. The highest BCUT2D eigenvalue weighted by atomic mass is 32.2. The molecule has 0 fully saturated rings. The Bertz CT molecular complexity index is 2720. The summed E-state index contributed by atoms with van der Waals surface area (Å²) in [6.45, 7) is 4.72. The zero-order valence-corrected chi connectivity index (χ0v) is 27.6. The number of fused-ring (bicyclic) bond motifs is 8. The van der Waals surface area contributed by atoms with Crippen molar-refractivity contribution in [1.29, 1.82) is 0 Å². The van der Waals surface area contributed by atoms with Crippen molar-refractivity contribution >= 4 is 78.5 Å². The first-order chi connectivity index (χ1) is 23.7. The second-order valence-corrected chi connectivity index (χ2v) is 14.1. The van der Waals surface area contributed by atoms with E-state index >= 15 is 0 Å². The van der Waals surface area contributed by atoms with Crippen molar-refractivity contribution in [3.05, 3.63) is 163 Å². The normalized spacial score (nSPS) is 12.7. The van der Waals surface area contributed by atoms with Gasteiger partial charge in [0, 0.05) is 42.7 Å². The third-order valence-corrected chi connectivity index (χ3v) is 11.5. The van der Waals surface area contributed by atoms with Gasteiger partial charge in [-0.2, -0.15) is 0 Å². The topological polar surface area (TPSA) is 9.86 Å². The Morgan fingerprint density at radius 3 is 1.71 bits per heavy atom. The third kappa shape index (κ3) is 3.96. The average molecular weight is 631 g/mol. The van der Waals surface area contributed by atoms with Gasteiger partial charge in [-0.05, 0) is 68.4 Å². The van der Waals surface area contributed by atoms with Gasteiger partial charge in [0.25, 0.3) is 0 Å². The molecule has 0 atom stereocenters. The van der Waals surface area contributed by atoms with E-state index < -0.39 is 0 Å². The van der Waals surface area contributed by atoms with Gasteiger partial charge in [-0.25, -0.2) is 0 Å². The summed E-state index contributed by atoms with van der Waals surface area (Å²) in [7, 11) is 0. The van der Waals surface area contributed by atoms with Crippen LogP contribution in [0.25, 0.3) is 55.0 Å². The van der Waals surface area contributed by atoms with E-state index in [-0.39, 0.29) is 6.71 Å². The molecule has 2 nitrogen and oxygen atoms in total. The zero-order chi connectivity index (χ0) is 31.9. The van der Waals surface area contributed by atoms with Crippen LogP contribution < -0.4 is 16.4 Å². The van der Waals surface area contributed by atoms with Crippen LogP contribution in [0.15, 0.2) is 161 Å². The summed E-state index contributed by atoms with van der Waals surface area (Å²) in [5, 5.41) is 5.10. The van der Waals surface area contributed by atoms with Crippen molar-refractivity contribution in [2.75, 3.05) is 0 Å². The molecule has 1 aliphatic rings. The Hall–Kier alpha value is -5.45. The monoisotopic (exact) mass is 630 g/mol. The Morgan fingerprint density at radius 2 is 1.00 bits per heavy atom. The molecule has 0 aliphatic carbocycles. The van der Waals surface area contributed by atoms with Crippen LogP contribution in [0, 0.1) is 13.8 Å². The van der Waals surface area contributed by atoms with Crippen LogP contribution in [0.5, 0.6) is 0 Å². The fourth-order valence-corrected chi connectivity index (χ4v) is 9.42. The van der Waals surface area contributed by atoms with Gasteiger partial charge < -0.3 is 9.13 Å². The van der Waals surface area contributed by atoms with Gasteiger partial charge in [0.1, 0.15) is 0 Å². The number of hydrogen-bond donors (Lipinski definition) is 0. The minimum Gasteiger partial charge on any atom is -0.309 e. The van der Waals surface area contributed by atoms with Gasteiger partial charge in [0.05, 0.1) is 22.1 Å². The van der Waals surface area contributed by atoms with Gasteiger partial charge in [0.15, 0.2) is 0 Å². The molecule has 0 saturated heterocycles. The van der Waals surface area contributed by atoms with Crippen molar-refractivity contribution in [2.24, 2.45) is 0 Å². The summed E-state index contributed by atoms with van der Waals surface area (Å²) in [6, 6.07) is 56.1. The summed E-state index contributed by atoms with van der Waals surface area (Å²) in [6.07, 6.45) is 0. The molecule has 0 radical (unpaired) electrons. The summed E-state index contributed by atoms with van der Waals surface area (Å²) in [4.78, 5) is 2.66. The Labute approximate surface area is 284 Å². The number of hydrogen-bond acceptors (Lipinski definition) is 1. The van der Waals surface area contributed by atoms with Gasteiger partial charge in [-0.1, -0.05) is 136 Å². The van der Waals surface area contributed by atoms with Crippen molar-refractivity contribution < 1.29 is 0 Å². The fourth-order valence-electron chi connectivity index (χ4n) is 8.25. The number of para-hydroxylation sites is 3. The van der Waals surface area contributed by atoms with E-state index in [9.17, 15) is 0 Å². The SMILES string of the molecule is Cc1cccc(C)c1B1c2ccccc2Sc2cc(-n3c4ccccc4c4cc5c6ccccc6n(-c6ccccc6)c5cc43)ccc21. The fraction of sp³-hybridized carbons (Fsp3) is 0.0455. The van der Waals surface area contributed by atoms with Crippen LogP contribution in [0.3, 0.4) is 0 Å². The summed E-state index contributed by atoms with van der Waals surface area (Å²) >= 11 is 1.90. The van der Waals surface area contributed by atoms with Gasteiger partial charge in [-0.3, -0.25) is 0 Å². The highest BCUT2D eigenvalue weighted by Gasteiger charge is 2.33. The first-order valence-electron chi connectivity index (χ1n) is 16.6. The van der Waals surface area contributed by atoms with Crippen molar-refractivity contribution in [1.82, 2.24) is 9.13 Å². The number of nitrogens with zero attached hydrogens (tertiary/aromatic N) is 2. The number of benzene rings is 7. The van der Waals surface area contributed by atoms with Crippen LogP contribution in [0.2, 0.25) is 0 Å². The van der Waals surface area contributed by atoms with Crippen LogP contribution in [-0.2, 0) is 0 Å². The van der Waals surface area contributed by atoms with Crippen LogP contribution in [0.4, 0.5) is 0 Å². The quantitative estimate of drug-likeness (QED) is 0.177. The molecule has 0 N–H and O–H groups in total. The van der Waals surface area contributed by atoms with E-state index in [2.05, 4.69) is 175 Å². The average Bonchev–Trinajstić information content (AvgIpc) is 3.62. The molecular formula is C44H31BN2S. The van der Waals surface area contributed by atoms with E-state index in [4.69, 9.17) is 0 Å². The number of aromatic nitrogens is 2. The molecule has 0 unspecified atom stereocenters. The molecule has 0 bridgehead atoms. The van der Waals surface area contributed by atoms with Crippen molar-refractivity contribution in [2.45, 2.75) is 23.6 Å². The number of rotatable bonds is 3. The van der Waals surface area contributed by atoms with Crippen molar-refractivity contribution in [3.8, 4) is 11.4 Å². The Balaban J connectivity index is 1.25. The van der Waals surface area contributed by atoms with Gasteiger partial charge in [-0.15, -0.1) is 0 Å². The Kier molecular flexibility index (Phi) is 6.07. The van der Waals surface area contributed by atoms with E-state index in [1.165, 1.54) is 92.3 Å². The molecule has 4 heteroatoms. The van der Waals surface area contributed by atoms with Crippen molar-refractivity contribution in [3.63, 3.8) is 0 Å². The van der Waals surface area contributed by atoms with E-state index in [0.29, 0.717) is 0 Å². The second-order valence-electron chi connectivity index (χ2n) is 13.0. The molecule has 0 saturated carbocycles. The maximum atomic E-state index is 2.48. The predicted molar refractivity (Wildman–Crippen MR) is 206 cm³/mol. The molecule has 0 amide bonds. The van der Waals surface area contributed by atoms with E-state index in [0.717, 1.165) is 0 Å². The number of aryl methyl sites for hydroxylation is 2. The molecule has 226 valence electrons. The maximum Gasteiger partial charge on any atom is 0.244 e. The lowest BCUT2D eigenvalue weighted by Gasteiger charge is -2.28. The first-order valence-corrected chi connectivity index (χ1v) is 17.5. The molecule has 9 aromatic rings. The van der Waals surface area contributed by atoms with Crippen LogP contribution >= 0.6 is 11.8 Å².